The number of nitrogens with zero attached hydrogens (tertiary/aromatic N) is 2. The van der Waals surface area contributed by atoms with Crippen molar-refractivity contribution in [2.24, 2.45) is 0 Å². The van der Waals surface area contributed by atoms with E-state index in [0.717, 1.165) is 22.7 Å². The van der Waals surface area contributed by atoms with Crippen LogP contribution >= 0.6 is 0 Å². The van der Waals surface area contributed by atoms with Crippen LogP contribution < -0.4 is 4.90 Å². The van der Waals surface area contributed by atoms with Gasteiger partial charge in [0.2, 0.25) is 0 Å². The third kappa shape index (κ3) is 5.34. The summed E-state index contributed by atoms with van der Waals surface area (Å²) in [5, 5.41) is 9.93. The minimum absolute atomic E-state index is 1.10. The second-order valence-electron chi connectivity index (χ2n) is 14.6. The van der Waals surface area contributed by atoms with E-state index in [1.165, 1.54) is 76.4 Å². The van der Waals surface area contributed by atoms with Gasteiger partial charge in [-0.3, -0.25) is 0 Å². The Morgan fingerprint density at radius 3 is 1.73 bits per heavy atom. The third-order valence-corrected chi connectivity index (χ3v) is 11.3. The zero-order chi connectivity index (χ0) is 37.0. The van der Waals surface area contributed by atoms with E-state index < -0.39 is 0 Å². The van der Waals surface area contributed by atoms with Gasteiger partial charge >= 0.3 is 0 Å². The fourth-order valence-corrected chi connectivity index (χ4v) is 8.66. The molecule has 11 aromatic rings. The Kier molecular flexibility index (Phi) is 7.53. The lowest BCUT2D eigenvalue weighted by atomic mass is 9.97. The number of rotatable bonds is 6. The normalized spacial score (nSPS) is 11.6. The molecule has 2 nitrogen and oxygen atoms in total. The number of hydrogen-bond acceptors (Lipinski definition) is 1. The third-order valence-electron chi connectivity index (χ3n) is 11.3. The Hall–Kier alpha value is -7.42. The predicted octanol–water partition coefficient (Wildman–Crippen LogP) is 15.0. The Labute approximate surface area is 325 Å². The molecule has 0 unspecified atom stereocenters. The van der Waals surface area contributed by atoms with Crippen molar-refractivity contribution < 1.29 is 0 Å². The Morgan fingerprint density at radius 1 is 0.321 bits per heavy atom. The second kappa shape index (κ2) is 13.2. The summed E-state index contributed by atoms with van der Waals surface area (Å²) in [7, 11) is 0. The maximum atomic E-state index is 2.44. The zero-order valence-electron chi connectivity index (χ0n) is 30.7. The smallest absolute Gasteiger partial charge is 0.0619 e. The summed E-state index contributed by atoms with van der Waals surface area (Å²) in [6.45, 7) is 0. The van der Waals surface area contributed by atoms with Crippen LogP contribution in [0.1, 0.15) is 0 Å². The highest BCUT2D eigenvalue weighted by atomic mass is 15.1. The van der Waals surface area contributed by atoms with E-state index in [-0.39, 0.29) is 0 Å². The van der Waals surface area contributed by atoms with Gasteiger partial charge in [-0.1, -0.05) is 158 Å². The molecule has 11 rings (SSSR count). The van der Waals surface area contributed by atoms with Crippen molar-refractivity contribution in [3.63, 3.8) is 0 Å². The Balaban J connectivity index is 1.09. The first-order valence-electron chi connectivity index (χ1n) is 19.3. The van der Waals surface area contributed by atoms with Gasteiger partial charge in [0.05, 0.1) is 11.0 Å². The summed E-state index contributed by atoms with van der Waals surface area (Å²) in [6, 6.07) is 79.5. The molecule has 0 bridgehead atoms. The maximum Gasteiger partial charge on any atom is 0.0619 e. The molecule has 0 fully saturated rings. The number of para-hydroxylation sites is 1. The highest BCUT2D eigenvalue weighted by molar-refractivity contribution is 6.22. The molecule has 0 saturated carbocycles. The molecule has 0 atom stereocenters. The predicted molar refractivity (Wildman–Crippen MR) is 239 cm³/mol. The van der Waals surface area contributed by atoms with Gasteiger partial charge in [-0.2, -0.15) is 0 Å². The van der Waals surface area contributed by atoms with Crippen LogP contribution in [0.25, 0.3) is 82.1 Å². The standard InChI is InChI=1S/C54H36N2/c1-2-18-45(19-3-1)56-52-23-11-22-49(53(52)51-33-29-40-14-8-9-21-50(40)54(51)56)44-17-10-20-47(36-44)55(48-32-28-38-13-5-7-16-42(38)35-48)46-30-26-39(27-31-46)43-25-24-37-12-4-6-15-41(37)34-43/h1-36H. The first-order valence-corrected chi connectivity index (χ1v) is 19.3. The fourth-order valence-electron chi connectivity index (χ4n) is 8.66. The van der Waals surface area contributed by atoms with E-state index in [0.29, 0.717) is 0 Å². The molecule has 0 radical (unpaired) electrons. The zero-order valence-corrected chi connectivity index (χ0v) is 30.7. The van der Waals surface area contributed by atoms with Gasteiger partial charge in [0.1, 0.15) is 0 Å². The molecule has 10 aromatic carbocycles. The molecule has 0 saturated heterocycles. The second-order valence-corrected chi connectivity index (χ2v) is 14.6. The van der Waals surface area contributed by atoms with Gasteiger partial charge in [0, 0.05) is 38.9 Å². The van der Waals surface area contributed by atoms with E-state index in [1.54, 1.807) is 0 Å². The summed E-state index contributed by atoms with van der Waals surface area (Å²) in [4.78, 5) is 2.39. The number of anilines is 3. The van der Waals surface area contributed by atoms with Gasteiger partial charge in [-0.25, -0.2) is 0 Å². The van der Waals surface area contributed by atoms with Gasteiger partial charge in [-0.15, -0.1) is 0 Å². The lowest BCUT2D eigenvalue weighted by molar-refractivity contribution is 1.19. The largest absolute Gasteiger partial charge is 0.310 e. The van der Waals surface area contributed by atoms with Crippen LogP contribution in [-0.2, 0) is 0 Å². The van der Waals surface area contributed by atoms with Crippen LogP contribution in [0, 0.1) is 0 Å². The molecular weight excluding hydrogens is 677 g/mol. The van der Waals surface area contributed by atoms with Crippen LogP contribution in [0.5, 0.6) is 0 Å². The maximum absolute atomic E-state index is 2.44. The van der Waals surface area contributed by atoms with Crippen molar-refractivity contribution in [2.45, 2.75) is 0 Å². The first kappa shape index (κ1) is 32.0. The van der Waals surface area contributed by atoms with Crippen LogP contribution in [0.15, 0.2) is 218 Å². The molecule has 0 aliphatic rings. The summed E-state index contributed by atoms with van der Waals surface area (Å²) >= 11 is 0. The van der Waals surface area contributed by atoms with E-state index in [4.69, 9.17) is 0 Å². The molecule has 0 spiro atoms. The number of benzene rings is 10. The van der Waals surface area contributed by atoms with Crippen LogP contribution in [0.4, 0.5) is 17.1 Å². The van der Waals surface area contributed by atoms with Crippen molar-refractivity contribution in [1.82, 2.24) is 4.57 Å². The molecule has 0 aliphatic carbocycles. The average molecular weight is 713 g/mol. The minimum atomic E-state index is 1.10. The molecule has 0 aliphatic heterocycles. The molecule has 0 amide bonds. The van der Waals surface area contributed by atoms with Crippen molar-refractivity contribution in [3.05, 3.63) is 218 Å². The van der Waals surface area contributed by atoms with Gasteiger partial charge in [0.25, 0.3) is 0 Å². The van der Waals surface area contributed by atoms with Gasteiger partial charge < -0.3 is 9.47 Å². The number of aromatic nitrogens is 1. The Morgan fingerprint density at radius 2 is 0.929 bits per heavy atom. The van der Waals surface area contributed by atoms with Crippen molar-refractivity contribution in [3.8, 4) is 27.9 Å². The summed E-state index contributed by atoms with van der Waals surface area (Å²) in [6.07, 6.45) is 0. The summed E-state index contributed by atoms with van der Waals surface area (Å²) in [5.74, 6) is 0. The molecule has 1 aromatic heterocycles. The minimum Gasteiger partial charge on any atom is -0.310 e. The molecule has 2 heteroatoms. The van der Waals surface area contributed by atoms with Crippen LogP contribution in [0.2, 0.25) is 0 Å². The number of fused-ring (bicyclic) bond motifs is 7. The first-order chi connectivity index (χ1) is 27.8. The molecule has 262 valence electrons. The molecular formula is C54H36N2. The van der Waals surface area contributed by atoms with E-state index in [2.05, 4.69) is 228 Å². The van der Waals surface area contributed by atoms with Gasteiger partial charge in [0.15, 0.2) is 0 Å². The van der Waals surface area contributed by atoms with Crippen LogP contribution in [-0.4, -0.2) is 4.57 Å². The van der Waals surface area contributed by atoms with E-state index in [9.17, 15) is 0 Å². The average Bonchev–Trinajstić information content (AvgIpc) is 3.62. The molecule has 0 N–H and O–H groups in total. The van der Waals surface area contributed by atoms with E-state index >= 15 is 0 Å². The van der Waals surface area contributed by atoms with E-state index in [1.807, 2.05) is 0 Å². The van der Waals surface area contributed by atoms with Gasteiger partial charge in [-0.05, 0) is 110 Å². The lowest BCUT2D eigenvalue weighted by Crippen LogP contribution is -2.10. The van der Waals surface area contributed by atoms with Crippen molar-refractivity contribution in [1.29, 1.82) is 0 Å². The van der Waals surface area contributed by atoms with Crippen LogP contribution in [0.3, 0.4) is 0 Å². The topological polar surface area (TPSA) is 8.17 Å². The molecule has 1 heterocycles. The fraction of sp³-hybridized carbons (Fsp3) is 0. The summed E-state index contributed by atoms with van der Waals surface area (Å²) in [5.41, 5.74) is 11.7. The quantitative estimate of drug-likeness (QED) is 0.167. The lowest BCUT2D eigenvalue weighted by Gasteiger charge is -2.26. The number of hydrogen-bond donors (Lipinski definition) is 0. The SMILES string of the molecule is c1ccc(-n2c3cccc(-c4cccc(N(c5ccc(-c6ccc7ccccc7c6)cc5)c5ccc6ccccc6c5)c4)c3c3ccc4ccccc4c32)cc1. The van der Waals surface area contributed by atoms with Crippen molar-refractivity contribution >= 4 is 71.2 Å². The van der Waals surface area contributed by atoms with Crippen molar-refractivity contribution in [2.75, 3.05) is 4.90 Å². The summed E-state index contributed by atoms with van der Waals surface area (Å²) < 4.78 is 2.44. The molecule has 56 heavy (non-hydrogen) atoms. The highest BCUT2D eigenvalue weighted by Gasteiger charge is 2.20. The monoisotopic (exact) mass is 712 g/mol. The Bertz CT molecular complexity index is 3250. The highest BCUT2D eigenvalue weighted by Crippen LogP contribution is 2.43.